The van der Waals surface area contributed by atoms with Crippen LogP contribution in [0.2, 0.25) is 5.02 Å². The van der Waals surface area contributed by atoms with Gasteiger partial charge < -0.3 is 5.32 Å². The van der Waals surface area contributed by atoms with E-state index in [1.165, 1.54) is 20.5 Å². The minimum atomic E-state index is 0.137. The van der Waals surface area contributed by atoms with E-state index < -0.39 is 0 Å². The maximum atomic E-state index is 6.37. The lowest BCUT2D eigenvalue weighted by atomic mass is 9.85. The van der Waals surface area contributed by atoms with Crippen molar-refractivity contribution in [2.75, 3.05) is 6.54 Å². The van der Waals surface area contributed by atoms with Crippen LogP contribution < -0.4 is 5.32 Å². The van der Waals surface area contributed by atoms with Crippen LogP contribution >= 0.6 is 22.9 Å². The predicted molar refractivity (Wildman–Crippen MR) is 92.1 cm³/mol. The first-order valence-electron chi connectivity index (χ1n) is 7.21. The molecule has 0 fully saturated rings. The summed E-state index contributed by atoms with van der Waals surface area (Å²) in [6.07, 6.45) is 0. The molecule has 0 aliphatic heterocycles. The summed E-state index contributed by atoms with van der Waals surface area (Å²) in [5.41, 5.74) is 1.58. The number of benzene rings is 1. The van der Waals surface area contributed by atoms with E-state index in [4.69, 9.17) is 11.6 Å². The quantitative estimate of drug-likeness (QED) is 0.775. The van der Waals surface area contributed by atoms with Crippen molar-refractivity contribution in [1.29, 1.82) is 0 Å². The molecule has 0 saturated heterocycles. The van der Waals surface area contributed by atoms with E-state index in [-0.39, 0.29) is 5.41 Å². The summed E-state index contributed by atoms with van der Waals surface area (Å²) in [5.74, 6) is 0.672. The summed E-state index contributed by atoms with van der Waals surface area (Å²) >= 11 is 8.20. The average molecular weight is 310 g/mol. The summed E-state index contributed by atoms with van der Waals surface area (Å²) in [6.45, 7) is 13.3. The summed E-state index contributed by atoms with van der Waals surface area (Å²) in [6, 6.07) is 6.24. The molecular weight excluding hydrogens is 286 g/mol. The lowest BCUT2D eigenvalue weighted by Gasteiger charge is -2.21. The predicted octanol–water partition coefficient (Wildman–Crippen LogP) is 5.60. The van der Waals surface area contributed by atoms with Gasteiger partial charge in [0.1, 0.15) is 0 Å². The molecule has 0 atom stereocenters. The van der Waals surface area contributed by atoms with Gasteiger partial charge in [0.05, 0.1) is 9.72 Å². The Morgan fingerprint density at radius 2 is 1.95 bits per heavy atom. The minimum Gasteiger partial charge on any atom is -0.312 e. The van der Waals surface area contributed by atoms with Crippen LogP contribution in [0.1, 0.15) is 45.1 Å². The second kappa shape index (κ2) is 6.05. The van der Waals surface area contributed by atoms with E-state index in [0.717, 1.165) is 18.1 Å². The first kappa shape index (κ1) is 15.8. The van der Waals surface area contributed by atoms with Gasteiger partial charge in [-0.25, -0.2) is 0 Å². The molecule has 2 aromatic rings. The Hall–Kier alpha value is -0.570. The summed E-state index contributed by atoms with van der Waals surface area (Å²) in [4.78, 5) is 1.42. The van der Waals surface area contributed by atoms with Crippen LogP contribution in [0.3, 0.4) is 0 Å². The fraction of sp³-hybridized carbons (Fsp3) is 0.529. The van der Waals surface area contributed by atoms with Crippen molar-refractivity contribution in [2.45, 2.75) is 46.6 Å². The Kier molecular flexibility index (Phi) is 4.78. The first-order chi connectivity index (χ1) is 9.30. The molecule has 1 aromatic heterocycles. The van der Waals surface area contributed by atoms with E-state index in [2.05, 4.69) is 52.1 Å². The van der Waals surface area contributed by atoms with Crippen LogP contribution in [0.5, 0.6) is 0 Å². The maximum absolute atomic E-state index is 6.37. The van der Waals surface area contributed by atoms with Gasteiger partial charge in [0, 0.05) is 11.4 Å². The lowest BCUT2D eigenvalue weighted by molar-refractivity contribution is 0.543. The molecule has 2 rings (SSSR count). The van der Waals surface area contributed by atoms with Crippen molar-refractivity contribution in [1.82, 2.24) is 5.32 Å². The van der Waals surface area contributed by atoms with Crippen molar-refractivity contribution >= 4 is 33.0 Å². The van der Waals surface area contributed by atoms with Gasteiger partial charge in [-0.15, -0.1) is 11.3 Å². The SMILES string of the molecule is CC(C)CNCc1sc2c(Cl)cccc2c1C(C)(C)C. The summed E-state index contributed by atoms with van der Waals surface area (Å²) in [7, 11) is 0. The Morgan fingerprint density at radius 1 is 1.25 bits per heavy atom. The topological polar surface area (TPSA) is 12.0 Å². The van der Waals surface area contributed by atoms with Crippen LogP contribution in [0.25, 0.3) is 10.1 Å². The zero-order chi connectivity index (χ0) is 14.9. The number of nitrogens with one attached hydrogen (secondary N) is 1. The zero-order valence-electron chi connectivity index (χ0n) is 13.0. The Labute approximate surface area is 131 Å². The number of fused-ring (bicyclic) bond motifs is 1. The van der Waals surface area contributed by atoms with E-state index in [1.807, 2.05) is 17.4 Å². The molecule has 1 heterocycles. The van der Waals surface area contributed by atoms with Crippen molar-refractivity contribution in [3.63, 3.8) is 0 Å². The number of rotatable bonds is 4. The Balaban J connectivity index is 2.44. The number of thiophene rings is 1. The lowest BCUT2D eigenvalue weighted by Crippen LogP contribution is -2.21. The van der Waals surface area contributed by atoms with Gasteiger partial charge in [0.25, 0.3) is 0 Å². The largest absolute Gasteiger partial charge is 0.312 e. The second-order valence-electron chi connectivity index (χ2n) is 6.79. The monoisotopic (exact) mass is 309 g/mol. The van der Waals surface area contributed by atoms with Crippen molar-refractivity contribution in [2.24, 2.45) is 5.92 Å². The fourth-order valence-corrected chi connectivity index (χ4v) is 4.23. The third-order valence-corrected chi connectivity index (χ3v) is 4.99. The molecule has 0 aliphatic rings. The van der Waals surface area contributed by atoms with Gasteiger partial charge in [-0.2, -0.15) is 0 Å². The highest BCUT2D eigenvalue weighted by Gasteiger charge is 2.24. The number of halogens is 1. The molecule has 0 radical (unpaired) electrons. The number of hydrogen-bond acceptors (Lipinski definition) is 2. The Bertz CT molecular complexity index is 593. The molecule has 0 spiro atoms. The first-order valence-corrected chi connectivity index (χ1v) is 8.41. The van der Waals surface area contributed by atoms with Crippen LogP contribution in [0.4, 0.5) is 0 Å². The third-order valence-electron chi connectivity index (χ3n) is 3.33. The molecule has 1 aromatic carbocycles. The maximum Gasteiger partial charge on any atom is 0.0584 e. The van der Waals surface area contributed by atoms with Gasteiger partial charge in [0.15, 0.2) is 0 Å². The van der Waals surface area contributed by atoms with E-state index in [9.17, 15) is 0 Å². The highest BCUT2D eigenvalue weighted by atomic mass is 35.5. The molecule has 0 aliphatic carbocycles. The molecule has 1 N–H and O–H groups in total. The zero-order valence-corrected chi connectivity index (χ0v) is 14.6. The van der Waals surface area contributed by atoms with E-state index in [1.54, 1.807) is 0 Å². The molecule has 3 heteroatoms. The highest BCUT2D eigenvalue weighted by Crippen LogP contribution is 2.41. The van der Waals surface area contributed by atoms with E-state index >= 15 is 0 Å². The van der Waals surface area contributed by atoms with Crippen LogP contribution in [0.15, 0.2) is 18.2 Å². The van der Waals surface area contributed by atoms with Crippen molar-refractivity contribution in [3.05, 3.63) is 33.7 Å². The summed E-state index contributed by atoms with van der Waals surface area (Å²) < 4.78 is 1.22. The van der Waals surface area contributed by atoms with Gasteiger partial charge in [-0.3, -0.25) is 0 Å². The van der Waals surface area contributed by atoms with Crippen LogP contribution in [-0.4, -0.2) is 6.54 Å². The second-order valence-corrected chi connectivity index (χ2v) is 8.30. The minimum absolute atomic E-state index is 0.137. The molecule has 0 amide bonds. The molecule has 1 nitrogen and oxygen atoms in total. The Morgan fingerprint density at radius 3 is 2.55 bits per heavy atom. The standard InChI is InChI=1S/C17H24ClNS/c1-11(2)9-19-10-14-15(17(3,4)5)12-7-6-8-13(18)16(12)20-14/h6-8,11,19H,9-10H2,1-5H3. The molecule has 0 bridgehead atoms. The van der Waals surface area contributed by atoms with Crippen molar-refractivity contribution in [3.8, 4) is 0 Å². The molecule has 0 saturated carbocycles. The molecular formula is C17H24ClNS. The average Bonchev–Trinajstić information content (AvgIpc) is 2.68. The highest BCUT2D eigenvalue weighted by molar-refractivity contribution is 7.20. The van der Waals surface area contributed by atoms with Crippen molar-refractivity contribution < 1.29 is 0 Å². The molecule has 20 heavy (non-hydrogen) atoms. The summed E-state index contributed by atoms with van der Waals surface area (Å²) in [5, 5.41) is 5.75. The molecule has 0 unspecified atom stereocenters. The molecule has 110 valence electrons. The smallest absolute Gasteiger partial charge is 0.0584 e. The normalized spacial score (nSPS) is 12.6. The van der Waals surface area contributed by atoms with Gasteiger partial charge in [0.2, 0.25) is 0 Å². The van der Waals surface area contributed by atoms with Gasteiger partial charge >= 0.3 is 0 Å². The van der Waals surface area contributed by atoms with Gasteiger partial charge in [-0.1, -0.05) is 58.4 Å². The fourth-order valence-electron chi connectivity index (χ4n) is 2.55. The van der Waals surface area contributed by atoms with Crippen LogP contribution in [-0.2, 0) is 12.0 Å². The number of hydrogen-bond donors (Lipinski definition) is 1. The van der Waals surface area contributed by atoms with Gasteiger partial charge in [-0.05, 0) is 34.9 Å². The third kappa shape index (κ3) is 3.36. The van der Waals surface area contributed by atoms with Crippen LogP contribution in [0, 0.1) is 5.92 Å². The van der Waals surface area contributed by atoms with E-state index in [0.29, 0.717) is 5.92 Å².